The molecule has 1 N–H and O–H groups in total. The fourth-order valence-electron chi connectivity index (χ4n) is 3.94. The Balaban J connectivity index is 1.47. The van der Waals surface area contributed by atoms with Gasteiger partial charge >= 0.3 is 12.1 Å². The van der Waals surface area contributed by atoms with E-state index < -0.39 is 6.09 Å². The molecule has 0 unspecified atom stereocenters. The third kappa shape index (κ3) is 4.29. The summed E-state index contributed by atoms with van der Waals surface area (Å²) in [6, 6.07) is 21.4. The molecule has 0 heterocycles. The zero-order valence-corrected chi connectivity index (χ0v) is 17.1. The Hall–Kier alpha value is -4.04. The Morgan fingerprint density at radius 1 is 1.00 bits per heavy atom. The lowest BCUT2D eigenvalue weighted by Gasteiger charge is -2.15. The van der Waals surface area contributed by atoms with Crippen LogP contribution in [0, 0.1) is 12.3 Å². The Morgan fingerprint density at radius 2 is 1.65 bits per heavy atom. The number of terminal acetylenes is 1. The molecule has 1 amide bonds. The molecule has 0 saturated heterocycles. The fourth-order valence-corrected chi connectivity index (χ4v) is 3.94. The number of carbonyl (C=O) groups excluding carboxylic acids is 2. The molecule has 0 bridgehead atoms. The van der Waals surface area contributed by atoms with E-state index in [4.69, 9.17) is 15.9 Å². The molecule has 3 aromatic carbocycles. The number of anilines is 1. The average molecular weight is 411 g/mol. The Bertz CT molecular complexity index is 1150. The van der Waals surface area contributed by atoms with Crippen LogP contribution in [0.2, 0.25) is 0 Å². The Morgan fingerprint density at radius 3 is 2.26 bits per heavy atom. The van der Waals surface area contributed by atoms with Gasteiger partial charge in [0.1, 0.15) is 6.61 Å². The van der Waals surface area contributed by atoms with Crippen LogP contribution in [0.5, 0.6) is 0 Å². The molecule has 0 atom stereocenters. The summed E-state index contributed by atoms with van der Waals surface area (Å²) in [5.74, 6) is 2.12. The number of rotatable bonds is 5. The van der Waals surface area contributed by atoms with Gasteiger partial charge in [-0.2, -0.15) is 0 Å². The van der Waals surface area contributed by atoms with Gasteiger partial charge in [0.05, 0.1) is 13.5 Å². The van der Waals surface area contributed by atoms with Crippen molar-refractivity contribution in [2.45, 2.75) is 12.3 Å². The molecule has 5 nitrogen and oxygen atoms in total. The quantitative estimate of drug-likeness (QED) is 0.486. The Kier molecular flexibility index (Phi) is 5.72. The van der Waals surface area contributed by atoms with Crippen molar-refractivity contribution in [1.29, 1.82) is 0 Å². The number of carbonyl (C=O) groups is 2. The second-order valence-electron chi connectivity index (χ2n) is 7.27. The first-order valence-electron chi connectivity index (χ1n) is 9.88. The summed E-state index contributed by atoms with van der Waals surface area (Å²) in [7, 11) is 1.32. The van der Waals surface area contributed by atoms with Crippen LogP contribution in [-0.2, 0) is 20.7 Å². The average Bonchev–Trinajstić information content (AvgIpc) is 3.11. The highest BCUT2D eigenvalue weighted by molar-refractivity contribution is 5.86. The lowest BCUT2D eigenvalue weighted by atomic mass is 9.98. The summed E-state index contributed by atoms with van der Waals surface area (Å²) in [5, 5.41) is 2.71. The number of esters is 1. The van der Waals surface area contributed by atoms with Crippen molar-refractivity contribution in [3.05, 3.63) is 89.0 Å². The maximum absolute atomic E-state index is 12.5. The first-order chi connectivity index (χ1) is 15.1. The topological polar surface area (TPSA) is 64.6 Å². The lowest BCUT2D eigenvalue weighted by molar-refractivity contribution is -0.139. The van der Waals surface area contributed by atoms with E-state index in [-0.39, 0.29) is 24.9 Å². The molecule has 154 valence electrons. The number of hydrogen-bond donors (Lipinski definition) is 1. The monoisotopic (exact) mass is 411 g/mol. The van der Waals surface area contributed by atoms with Crippen molar-refractivity contribution in [3.63, 3.8) is 0 Å². The molecule has 0 fully saturated rings. The van der Waals surface area contributed by atoms with Gasteiger partial charge < -0.3 is 9.47 Å². The standard InChI is InChI=1S/C26H21NO4/c1-3-17-12-18(15-25(28)30-2)14-19(13-17)27-26(29)31-16-24-22-10-6-4-8-20(22)21-9-5-7-11-23(21)24/h1,4-14,24H,15-16H2,2H3,(H,27,29). The summed E-state index contributed by atoms with van der Waals surface area (Å²) >= 11 is 0. The van der Waals surface area contributed by atoms with Crippen LogP contribution in [0.3, 0.4) is 0 Å². The van der Waals surface area contributed by atoms with Crippen molar-refractivity contribution in [3.8, 4) is 23.5 Å². The molecule has 1 aliphatic carbocycles. The van der Waals surface area contributed by atoms with Crippen LogP contribution < -0.4 is 5.32 Å². The van der Waals surface area contributed by atoms with E-state index in [1.165, 1.54) is 18.2 Å². The minimum atomic E-state index is -0.583. The first-order valence-corrected chi connectivity index (χ1v) is 9.88. The molecule has 5 heteroatoms. The number of methoxy groups -OCH3 is 1. The number of hydrogen-bond acceptors (Lipinski definition) is 4. The third-order valence-corrected chi connectivity index (χ3v) is 5.33. The van der Waals surface area contributed by atoms with E-state index in [0.29, 0.717) is 16.8 Å². The van der Waals surface area contributed by atoms with Gasteiger partial charge in [-0.15, -0.1) is 6.42 Å². The molecule has 0 saturated carbocycles. The molecule has 0 spiro atoms. The van der Waals surface area contributed by atoms with Crippen molar-refractivity contribution >= 4 is 17.7 Å². The van der Waals surface area contributed by atoms with E-state index in [1.54, 1.807) is 18.2 Å². The molecule has 0 aliphatic heterocycles. The van der Waals surface area contributed by atoms with Crippen LogP contribution in [0.25, 0.3) is 11.1 Å². The first kappa shape index (κ1) is 20.2. The van der Waals surface area contributed by atoms with Crippen LogP contribution in [0.1, 0.15) is 28.2 Å². The fraction of sp³-hybridized carbons (Fsp3) is 0.154. The van der Waals surface area contributed by atoms with E-state index in [0.717, 1.165) is 11.1 Å². The van der Waals surface area contributed by atoms with Crippen molar-refractivity contribution in [1.82, 2.24) is 0 Å². The number of nitrogens with one attached hydrogen (secondary N) is 1. The number of benzene rings is 3. The molecule has 0 radical (unpaired) electrons. The summed E-state index contributed by atoms with van der Waals surface area (Å²) in [4.78, 5) is 24.1. The van der Waals surface area contributed by atoms with Gasteiger partial charge in [0.15, 0.2) is 0 Å². The van der Waals surface area contributed by atoms with E-state index in [1.807, 2.05) is 24.3 Å². The van der Waals surface area contributed by atoms with Crippen molar-refractivity contribution < 1.29 is 19.1 Å². The van der Waals surface area contributed by atoms with Gasteiger partial charge in [0, 0.05) is 17.2 Å². The highest BCUT2D eigenvalue weighted by Gasteiger charge is 2.29. The predicted molar refractivity (Wildman–Crippen MR) is 119 cm³/mol. The highest BCUT2D eigenvalue weighted by atomic mass is 16.5. The third-order valence-electron chi connectivity index (χ3n) is 5.33. The second-order valence-corrected chi connectivity index (χ2v) is 7.27. The molecular formula is C26H21NO4. The molecule has 1 aliphatic rings. The zero-order valence-electron chi connectivity index (χ0n) is 17.1. The summed E-state index contributed by atoms with van der Waals surface area (Å²) in [6.45, 7) is 0.212. The van der Waals surface area contributed by atoms with Gasteiger partial charge in [-0.25, -0.2) is 4.79 Å². The normalized spacial score (nSPS) is 11.7. The minimum Gasteiger partial charge on any atom is -0.469 e. The lowest BCUT2D eigenvalue weighted by Crippen LogP contribution is -2.18. The van der Waals surface area contributed by atoms with Gasteiger partial charge in [0.2, 0.25) is 0 Å². The van der Waals surface area contributed by atoms with Gasteiger partial charge in [-0.1, -0.05) is 54.5 Å². The van der Waals surface area contributed by atoms with Crippen LogP contribution in [-0.4, -0.2) is 25.8 Å². The van der Waals surface area contributed by atoms with Crippen LogP contribution >= 0.6 is 0 Å². The van der Waals surface area contributed by atoms with Gasteiger partial charge in [-0.3, -0.25) is 10.1 Å². The molecule has 3 aromatic rings. The summed E-state index contributed by atoms with van der Waals surface area (Å²) in [6.07, 6.45) is 4.98. The second kappa shape index (κ2) is 8.76. The minimum absolute atomic E-state index is 0.0231. The molecular weight excluding hydrogens is 390 g/mol. The predicted octanol–water partition coefficient (Wildman–Crippen LogP) is 4.74. The van der Waals surface area contributed by atoms with E-state index in [9.17, 15) is 9.59 Å². The maximum Gasteiger partial charge on any atom is 0.411 e. The van der Waals surface area contributed by atoms with Gasteiger partial charge in [0.25, 0.3) is 0 Å². The zero-order chi connectivity index (χ0) is 21.8. The molecule has 4 rings (SSSR count). The summed E-state index contributed by atoms with van der Waals surface area (Å²) < 4.78 is 10.3. The number of fused-ring (bicyclic) bond motifs is 3. The van der Waals surface area contributed by atoms with Crippen LogP contribution in [0.15, 0.2) is 66.7 Å². The number of amides is 1. The van der Waals surface area contributed by atoms with Crippen LogP contribution in [0.4, 0.5) is 10.5 Å². The van der Waals surface area contributed by atoms with Crippen molar-refractivity contribution in [2.75, 3.05) is 19.0 Å². The SMILES string of the molecule is C#Cc1cc(CC(=O)OC)cc(NC(=O)OCC2c3ccccc3-c3ccccc32)c1. The molecule has 0 aromatic heterocycles. The number of ether oxygens (including phenoxy) is 2. The highest BCUT2D eigenvalue weighted by Crippen LogP contribution is 2.44. The van der Waals surface area contributed by atoms with E-state index in [2.05, 4.69) is 35.5 Å². The van der Waals surface area contributed by atoms with Crippen molar-refractivity contribution in [2.24, 2.45) is 0 Å². The largest absolute Gasteiger partial charge is 0.469 e. The van der Waals surface area contributed by atoms with E-state index >= 15 is 0 Å². The Labute approximate surface area is 181 Å². The maximum atomic E-state index is 12.5. The smallest absolute Gasteiger partial charge is 0.411 e. The summed E-state index contributed by atoms with van der Waals surface area (Å²) in [5.41, 5.74) is 6.29. The van der Waals surface area contributed by atoms with Gasteiger partial charge in [-0.05, 0) is 46.0 Å². The molecule has 31 heavy (non-hydrogen) atoms.